The van der Waals surface area contributed by atoms with Crippen molar-refractivity contribution in [2.75, 3.05) is 47.5 Å². The minimum absolute atomic E-state index is 0.0446. The number of esters is 2. The average molecular weight is 1380 g/mol. The molecule has 0 fully saturated rings. The highest BCUT2D eigenvalue weighted by atomic mass is 31.2. The molecule has 0 saturated carbocycles. The lowest BCUT2D eigenvalue weighted by molar-refractivity contribution is -0.870. The lowest BCUT2D eigenvalue weighted by atomic mass is 10.0. The van der Waals surface area contributed by atoms with Crippen molar-refractivity contribution in [2.24, 2.45) is 0 Å². The van der Waals surface area contributed by atoms with E-state index < -0.39 is 32.5 Å². The number of rotatable bonds is 70. The Kier molecular flexibility index (Phi) is 72.0. The molecule has 2 unspecified atom stereocenters. The summed E-state index contributed by atoms with van der Waals surface area (Å²) < 4.78 is 34.3. The third-order valence-corrected chi connectivity index (χ3v) is 17.1. The van der Waals surface area contributed by atoms with Crippen LogP contribution in [0, 0.1) is 0 Å². The standard InChI is InChI=1S/C88H144NO8P/c1-6-8-10-12-14-16-18-20-22-24-26-28-30-32-34-36-38-40-41-42-43-44-45-46-47-49-51-53-55-57-59-61-63-65-67-69-71-73-75-77-79-81-88(91)97-86(85-96-98(92,93)95-83-82-89(3,4)5)84-94-87(90)80-78-76-74-72-70-68-66-64-62-60-58-56-54-52-50-48-39-37-35-33-31-29-27-25-23-21-19-17-15-13-11-9-7-2/h8-11,14-17,20-23,26-29,32,34,38,40,42-43,45-46,49,51,55,57,61,63,67,69,86H,6-7,12-13,18-19,24-25,30-31,33,35-37,39,41,44,47-48,50,52-54,56,58-60,62,64-66,68,70-85H2,1-5H3/b10-8-,11-9-,16-14-,17-15-,22-20-,23-21-,28-26-,29-27-,34-32-,40-38-,43-42-,46-45-,51-49-,57-55-,63-61-,69-67-. The van der Waals surface area contributed by atoms with Crippen LogP contribution in [0.5, 0.6) is 0 Å². The number of hydrogen-bond donors (Lipinski definition) is 0. The zero-order valence-electron chi connectivity index (χ0n) is 63.2. The molecule has 0 spiro atoms. The van der Waals surface area contributed by atoms with E-state index in [2.05, 4.69) is 208 Å². The fourth-order valence-corrected chi connectivity index (χ4v) is 10.9. The Labute approximate surface area is 603 Å². The summed E-state index contributed by atoms with van der Waals surface area (Å²) in [6, 6.07) is 0. The smallest absolute Gasteiger partial charge is 0.306 e. The molecule has 0 aromatic carbocycles. The van der Waals surface area contributed by atoms with Gasteiger partial charge in [-0.25, -0.2) is 0 Å². The number of likely N-dealkylation sites (N-methyl/N-ethyl adjacent to an activating group) is 1. The van der Waals surface area contributed by atoms with Crippen molar-refractivity contribution in [1.82, 2.24) is 0 Å². The van der Waals surface area contributed by atoms with Gasteiger partial charge in [0.15, 0.2) is 6.10 Å². The van der Waals surface area contributed by atoms with Gasteiger partial charge in [-0.3, -0.25) is 14.2 Å². The summed E-state index contributed by atoms with van der Waals surface area (Å²) in [6.07, 6.45) is 118. The molecule has 0 rings (SSSR count). The van der Waals surface area contributed by atoms with E-state index in [1.807, 2.05) is 21.1 Å². The second-order valence-electron chi connectivity index (χ2n) is 26.6. The molecule has 0 amide bonds. The SMILES string of the molecule is CC/C=C\C/C=C\C/C=C\C/C=C\C/C=C\C/C=C\C/C=C\C/C=C\C/C=C\C/C=C\C/C=C\C/C=C\CCCCCCC(=O)OC(COC(=O)CCCCCCCCCCCCCCCCCCCCCC/C=C\C/C=C\C/C=C\C/C=C\CC)COP(=O)([O-])OCC[N+](C)(C)C. The van der Waals surface area contributed by atoms with Gasteiger partial charge in [0.25, 0.3) is 7.82 Å². The van der Waals surface area contributed by atoms with Crippen LogP contribution in [0.15, 0.2) is 194 Å². The van der Waals surface area contributed by atoms with Crippen molar-refractivity contribution in [1.29, 1.82) is 0 Å². The molecular formula is C88H144NO8P. The maximum absolute atomic E-state index is 12.9. The van der Waals surface area contributed by atoms with Crippen LogP contribution in [0.4, 0.5) is 0 Å². The molecule has 10 heteroatoms. The van der Waals surface area contributed by atoms with Crippen molar-refractivity contribution < 1.29 is 42.1 Å². The molecule has 0 heterocycles. The molecular weight excluding hydrogens is 1230 g/mol. The summed E-state index contributed by atoms with van der Waals surface area (Å²) in [7, 11) is 1.13. The van der Waals surface area contributed by atoms with E-state index in [4.69, 9.17) is 18.5 Å². The Morgan fingerprint density at radius 3 is 0.816 bits per heavy atom. The molecule has 98 heavy (non-hydrogen) atoms. The number of carbonyl (C=O) groups excluding carboxylic acids is 2. The van der Waals surface area contributed by atoms with Crippen LogP contribution in [-0.2, 0) is 32.7 Å². The summed E-state index contributed by atoms with van der Waals surface area (Å²) >= 11 is 0. The van der Waals surface area contributed by atoms with Gasteiger partial charge in [-0.1, -0.05) is 337 Å². The van der Waals surface area contributed by atoms with Crippen molar-refractivity contribution in [3.8, 4) is 0 Å². The molecule has 0 aromatic rings. The Morgan fingerprint density at radius 2 is 0.551 bits per heavy atom. The Hall–Kier alpha value is -5.15. The minimum atomic E-state index is -4.67. The molecule has 554 valence electrons. The summed E-state index contributed by atoms with van der Waals surface area (Å²) in [6.45, 7) is 3.98. The first-order valence-corrected chi connectivity index (χ1v) is 40.6. The average Bonchev–Trinajstić information content (AvgIpc) is 1.08. The first kappa shape index (κ1) is 92.8. The Bertz CT molecular complexity index is 2360. The molecule has 2 atom stereocenters. The predicted molar refractivity (Wildman–Crippen MR) is 424 cm³/mol. The van der Waals surface area contributed by atoms with E-state index in [-0.39, 0.29) is 26.1 Å². The number of phosphoric ester groups is 1. The van der Waals surface area contributed by atoms with Gasteiger partial charge in [0, 0.05) is 12.8 Å². The van der Waals surface area contributed by atoms with Gasteiger partial charge in [0.05, 0.1) is 27.7 Å². The first-order chi connectivity index (χ1) is 48.0. The molecule has 9 nitrogen and oxygen atoms in total. The first-order valence-electron chi connectivity index (χ1n) is 39.1. The number of ether oxygens (including phenoxy) is 2. The normalized spacial score (nSPS) is 14.1. The van der Waals surface area contributed by atoms with Crippen molar-refractivity contribution in [3.05, 3.63) is 194 Å². The second-order valence-corrected chi connectivity index (χ2v) is 28.0. The molecule has 0 aliphatic carbocycles. The quantitative estimate of drug-likeness (QED) is 0.0195. The number of phosphoric acid groups is 1. The predicted octanol–water partition coefficient (Wildman–Crippen LogP) is 25.8. The van der Waals surface area contributed by atoms with Crippen LogP contribution < -0.4 is 4.89 Å². The van der Waals surface area contributed by atoms with E-state index in [1.54, 1.807) is 0 Å². The summed E-state index contributed by atoms with van der Waals surface area (Å²) in [5, 5.41) is 0. The number of nitrogens with zero attached hydrogens (tertiary/aromatic N) is 1. The van der Waals surface area contributed by atoms with Gasteiger partial charge in [-0.2, -0.15) is 0 Å². The van der Waals surface area contributed by atoms with E-state index in [1.165, 1.54) is 116 Å². The highest BCUT2D eigenvalue weighted by Crippen LogP contribution is 2.38. The molecule has 0 saturated heterocycles. The fourth-order valence-electron chi connectivity index (χ4n) is 10.2. The highest BCUT2D eigenvalue weighted by Gasteiger charge is 2.22. The maximum atomic E-state index is 12.9. The number of allylic oxidation sites excluding steroid dienone is 32. The number of quaternary nitrogens is 1. The summed E-state index contributed by atoms with van der Waals surface area (Å²) in [4.78, 5) is 38.2. The number of hydrogen-bond acceptors (Lipinski definition) is 8. The van der Waals surface area contributed by atoms with E-state index >= 15 is 0 Å². The van der Waals surface area contributed by atoms with E-state index in [9.17, 15) is 19.0 Å². The van der Waals surface area contributed by atoms with Gasteiger partial charge < -0.3 is 27.9 Å². The summed E-state index contributed by atoms with van der Waals surface area (Å²) in [5.74, 6) is -0.867. The Balaban J connectivity index is 4.11. The lowest BCUT2D eigenvalue weighted by Gasteiger charge is -2.28. The van der Waals surface area contributed by atoms with Crippen molar-refractivity contribution in [2.45, 2.75) is 302 Å². The molecule has 0 bridgehead atoms. The topological polar surface area (TPSA) is 111 Å². The highest BCUT2D eigenvalue weighted by molar-refractivity contribution is 7.45. The molecule has 0 aliphatic heterocycles. The van der Waals surface area contributed by atoms with Crippen LogP contribution in [-0.4, -0.2) is 70.0 Å². The second kappa shape index (κ2) is 76.0. The maximum Gasteiger partial charge on any atom is 0.306 e. The lowest BCUT2D eigenvalue weighted by Crippen LogP contribution is -2.37. The monoisotopic (exact) mass is 1370 g/mol. The molecule has 0 aromatic heterocycles. The van der Waals surface area contributed by atoms with Crippen LogP contribution in [0.1, 0.15) is 296 Å². The number of carbonyl (C=O) groups is 2. The molecule has 0 N–H and O–H groups in total. The van der Waals surface area contributed by atoms with Crippen LogP contribution >= 0.6 is 7.82 Å². The van der Waals surface area contributed by atoms with E-state index in [0.29, 0.717) is 17.4 Å². The van der Waals surface area contributed by atoms with Gasteiger partial charge in [0.1, 0.15) is 19.8 Å². The largest absolute Gasteiger partial charge is 0.756 e. The van der Waals surface area contributed by atoms with Crippen molar-refractivity contribution >= 4 is 19.8 Å². The summed E-state index contributed by atoms with van der Waals surface area (Å²) in [5.41, 5.74) is 0. The van der Waals surface area contributed by atoms with Crippen LogP contribution in [0.2, 0.25) is 0 Å². The van der Waals surface area contributed by atoms with Crippen molar-refractivity contribution in [3.63, 3.8) is 0 Å². The fraction of sp³-hybridized carbons (Fsp3) is 0.614. The van der Waals surface area contributed by atoms with Gasteiger partial charge in [-0.05, 0) is 141 Å². The zero-order chi connectivity index (χ0) is 71.1. The third-order valence-electron chi connectivity index (χ3n) is 16.1. The third kappa shape index (κ3) is 79.8. The molecule has 0 radical (unpaired) electrons. The van der Waals surface area contributed by atoms with Gasteiger partial charge in [0.2, 0.25) is 0 Å². The van der Waals surface area contributed by atoms with Crippen LogP contribution in [0.25, 0.3) is 0 Å². The Morgan fingerprint density at radius 1 is 0.316 bits per heavy atom. The zero-order valence-corrected chi connectivity index (χ0v) is 64.0. The van der Waals surface area contributed by atoms with Gasteiger partial charge >= 0.3 is 11.9 Å². The van der Waals surface area contributed by atoms with Crippen LogP contribution in [0.3, 0.4) is 0 Å². The minimum Gasteiger partial charge on any atom is -0.756 e. The number of unbranched alkanes of at least 4 members (excludes halogenated alkanes) is 24. The molecule has 0 aliphatic rings. The van der Waals surface area contributed by atoms with E-state index in [0.717, 1.165) is 148 Å². The van der Waals surface area contributed by atoms with Gasteiger partial charge in [-0.15, -0.1) is 0 Å².